The molecule has 1 heterocycles. The largest absolute Gasteiger partial charge is 0.488 e. The zero-order chi connectivity index (χ0) is 20.3. The van der Waals surface area contributed by atoms with Gasteiger partial charge in [0.05, 0.1) is 17.0 Å². The summed E-state index contributed by atoms with van der Waals surface area (Å²) >= 11 is 0. The molecule has 0 bridgehead atoms. The number of aryl methyl sites for hydroxylation is 2. The summed E-state index contributed by atoms with van der Waals surface area (Å²) in [6, 6.07) is 18.3. The van der Waals surface area contributed by atoms with Crippen molar-refractivity contribution in [2.75, 3.05) is 0 Å². The van der Waals surface area contributed by atoms with Crippen LogP contribution in [0.4, 0.5) is 0 Å². The molecule has 28 heavy (non-hydrogen) atoms. The van der Waals surface area contributed by atoms with Crippen LogP contribution in [0.5, 0.6) is 5.75 Å². The third-order valence-electron chi connectivity index (χ3n) is 4.93. The highest BCUT2D eigenvalue weighted by Gasteiger charge is 2.17. The fraction of sp³-hybridized carbons (Fsp3) is 0.280. The molecule has 2 aromatic carbocycles. The Balaban J connectivity index is 1.98. The first-order chi connectivity index (χ1) is 13.3. The quantitative estimate of drug-likeness (QED) is 0.511. The van der Waals surface area contributed by atoms with E-state index in [2.05, 4.69) is 50.9 Å². The van der Waals surface area contributed by atoms with Gasteiger partial charge in [-0.25, -0.2) is 0 Å². The maximum atomic E-state index is 11.6. The molecule has 0 aliphatic rings. The van der Waals surface area contributed by atoms with E-state index >= 15 is 0 Å². The van der Waals surface area contributed by atoms with E-state index in [1.54, 1.807) is 0 Å². The van der Waals surface area contributed by atoms with E-state index in [1.807, 2.05) is 43.3 Å². The number of aromatic nitrogens is 1. The van der Waals surface area contributed by atoms with E-state index in [0.29, 0.717) is 23.6 Å². The van der Waals surface area contributed by atoms with E-state index < -0.39 is 0 Å². The predicted molar refractivity (Wildman–Crippen MR) is 114 cm³/mol. The van der Waals surface area contributed by atoms with E-state index in [4.69, 9.17) is 4.74 Å². The zero-order valence-corrected chi connectivity index (χ0v) is 17.2. The third-order valence-corrected chi connectivity index (χ3v) is 4.93. The number of hydrogen-bond donors (Lipinski definition) is 0. The number of ether oxygens (including phenoxy) is 1. The number of hydrogen-bond acceptors (Lipinski definition) is 3. The summed E-state index contributed by atoms with van der Waals surface area (Å²) < 4.78 is 6.00. The normalized spacial score (nSPS) is 11.3. The van der Waals surface area contributed by atoms with Gasteiger partial charge in [0.15, 0.2) is 6.29 Å². The monoisotopic (exact) mass is 373 g/mol. The lowest BCUT2D eigenvalue weighted by Crippen LogP contribution is -2.11. The fourth-order valence-corrected chi connectivity index (χ4v) is 3.21. The van der Waals surface area contributed by atoms with Gasteiger partial charge in [0.1, 0.15) is 12.4 Å². The summed E-state index contributed by atoms with van der Waals surface area (Å²) in [5.74, 6) is 0.570. The van der Waals surface area contributed by atoms with Gasteiger partial charge in [0, 0.05) is 11.6 Å². The molecule has 0 atom stereocenters. The second kappa shape index (κ2) is 7.97. The van der Waals surface area contributed by atoms with E-state index in [-0.39, 0.29) is 5.41 Å². The van der Waals surface area contributed by atoms with E-state index in [0.717, 1.165) is 28.7 Å². The van der Waals surface area contributed by atoms with Gasteiger partial charge in [0.2, 0.25) is 0 Å². The van der Waals surface area contributed by atoms with Crippen molar-refractivity contribution in [1.82, 2.24) is 4.98 Å². The average Bonchev–Trinajstić information content (AvgIpc) is 2.66. The Kier molecular flexibility index (Phi) is 5.64. The van der Waals surface area contributed by atoms with Crippen molar-refractivity contribution in [1.29, 1.82) is 0 Å². The highest BCUT2D eigenvalue weighted by Crippen LogP contribution is 2.32. The number of aldehydes is 1. The van der Waals surface area contributed by atoms with Crippen molar-refractivity contribution in [3.63, 3.8) is 0 Å². The summed E-state index contributed by atoms with van der Waals surface area (Å²) in [5.41, 5.74) is 6.65. The smallest absolute Gasteiger partial charge is 0.155 e. The van der Waals surface area contributed by atoms with Crippen LogP contribution in [0.1, 0.15) is 53.5 Å². The van der Waals surface area contributed by atoms with Gasteiger partial charge in [-0.1, -0.05) is 69.3 Å². The van der Waals surface area contributed by atoms with Crippen molar-refractivity contribution < 1.29 is 9.53 Å². The molecule has 0 unspecified atom stereocenters. The minimum absolute atomic E-state index is 0.0952. The summed E-state index contributed by atoms with van der Waals surface area (Å²) in [6.07, 6.45) is 0.821. The molecular formula is C25H27NO2. The van der Waals surface area contributed by atoms with Crippen LogP contribution in [0.15, 0.2) is 54.6 Å². The van der Waals surface area contributed by atoms with Crippen LogP contribution in [0.25, 0.3) is 11.3 Å². The Bertz CT molecular complexity index is 985. The molecule has 144 valence electrons. The summed E-state index contributed by atoms with van der Waals surface area (Å²) in [7, 11) is 0. The first-order valence-electron chi connectivity index (χ1n) is 9.54. The van der Waals surface area contributed by atoms with Crippen LogP contribution in [-0.4, -0.2) is 11.3 Å². The molecule has 3 aromatic rings. The first kappa shape index (κ1) is 19.8. The number of rotatable bonds is 5. The van der Waals surface area contributed by atoms with Gasteiger partial charge in [-0.3, -0.25) is 9.78 Å². The molecular weight excluding hydrogens is 346 g/mol. The Labute approximate surface area is 167 Å². The van der Waals surface area contributed by atoms with Gasteiger partial charge in [-0.15, -0.1) is 0 Å². The number of carbonyl (C=O) groups is 1. The second-order valence-electron chi connectivity index (χ2n) is 8.18. The van der Waals surface area contributed by atoms with Crippen LogP contribution < -0.4 is 4.74 Å². The molecule has 0 saturated carbocycles. The summed E-state index contributed by atoms with van der Waals surface area (Å²) in [5, 5.41) is 0. The lowest BCUT2D eigenvalue weighted by atomic mass is 9.85. The molecule has 1 aromatic heterocycles. The van der Waals surface area contributed by atoms with Gasteiger partial charge >= 0.3 is 0 Å². The molecule has 3 nitrogen and oxygen atoms in total. The van der Waals surface area contributed by atoms with Crippen LogP contribution >= 0.6 is 0 Å². The van der Waals surface area contributed by atoms with Crippen molar-refractivity contribution >= 4 is 6.29 Å². The van der Waals surface area contributed by atoms with Gasteiger partial charge in [-0.2, -0.15) is 0 Å². The van der Waals surface area contributed by atoms with Crippen LogP contribution in [-0.2, 0) is 12.0 Å². The number of carbonyl (C=O) groups excluding carboxylic acids is 1. The molecule has 0 amide bonds. The van der Waals surface area contributed by atoms with Crippen molar-refractivity contribution in [2.24, 2.45) is 0 Å². The molecule has 0 fully saturated rings. The fourth-order valence-electron chi connectivity index (χ4n) is 3.21. The molecule has 0 radical (unpaired) electrons. The minimum atomic E-state index is 0.0952. The van der Waals surface area contributed by atoms with E-state index in [9.17, 15) is 4.79 Å². The molecule has 3 rings (SSSR count). The number of pyridine rings is 1. The number of nitrogens with zero attached hydrogens (tertiary/aromatic N) is 1. The average molecular weight is 373 g/mol. The molecule has 0 saturated heterocycles. The Morgan fingerprint density at radius 3 is 2.32 bits per heavy atom. The Morgan fingerprint density at radius 1 is 1.00 bits per heavy atom. The van der Waals surface area contributed by atoms with Gasteiger partial charge in [0.25, 0.3) is 0 Å². The number of benzene rings is 2. The van der Waals surface area contributed by atoms with Gasteiger partial charge in [-0.05, 0) is 36.0 Å². The maximum Gasteiger partial charge on any atom is 0.155 e. The third kappa shape index (κ3) is 4.30. The van der Waals surface area contributed by atoms with Crippen LogP contribution in [0.3, 0.4) is 0 Å². The zero-order valence-electron chi connectivity index (χ0n) is 17.2. The topological polar surface area (TPSA) is 39.2 Å². The van der Waals surface area contributed by atoms with Crippen molar-refractivity contribution in [3.8, 4) is 17.0 Å². The molecule has 0 aliphatic carbocycles. The highest BCUT2D eigenvalue weighted by molar-refractivity contribution is 5.82. The Morgan fingerprint density at radius 2 is 1.71 bits per heavy atom. The summed E-state index contributed by atoms with van der Waals surface area (Å²) in [6.45, 7) is 11.0. The maximum absolute atomic E-state index is 11.6. The minimum Gasteiger partial charge on any atom is -0.488 e. The standard InChI is InChI=1S/C25H27NO2/c1-17-13-20(25(3,4)5)11-12-21(17)23-14-24(22(15-27)18(2)26-23)28-16-19-9-7-6-8-10-19/h6-15H,16H2,1-5H3. The second-order valence-corrected chi connectivity index (χ2v) is 8.18. The van der Waals surface area contributed by atoms with Crippen molar-refractivity contribution in [3.05, 3.63) is 82.5 Å². The van der Waals surface area contributed by atoms with Crippen molar-refractivity contribution in [2.45, 2.75) is 46.6 Å². The molecule has 0 aliphatic heterocycles. The highest BCUT2D eigenvalue weighted by atomic mass is 16.5. The molecule has 3 heteroatoms. The molecule has 0 N–H and O–H groups in total. The van der Waals surface area contributed by atoms with E-state index in [1.165, 1.54) is 5.56 Å². The van der Waals surface area contributed by atoms with Crippen LogP contribution in [0.2, 0.25) is 0 Å². The van der Waals surface area contributed by atoms with Crippen LogP contribution in [0, 0.1) is 13.8 Å². The predicted octanol–water partition coefficient (Wildman–Crippen LogP) is 6.05. The SMILES string of the molecule is Cc1cc(C(C)(C)C)ccc1-c1cc(OCc2ccccc2)c(C=O)c(C)n1. The first-order valence-corrected chi connectivity index (χ1v) is 9.54. The molecule has 0 spiro atoms. The Hall–Kier alpha value is -2.94. The van der Waals surface area contributed by atoms with Gasteiger partial charge < -0.3 is 4.74 Å². The lowest BCUT2D eigenvalue weighted by molar-refractivity contribution is 0.111. The lowest BCUT2D eigenvalue weighted by Gasteiger charge is -2.21. The summed E-state index contributed by atoms with van der Waals surface area (Å²) in [4.78, 5) is 16.3.